The predicted octanol–water partition coefficient (Wildman–Crippen LogP) is 24.8. The lowest BCUT2D eigenvalue weighted by atomic mass is 10.0. The fourth-order valence-corrected chi connectivity index (χ4v) is 11.4. The van der Waals surface area contributed by atoms with Crippen LogP contribution in [0.5, 0.6) is 0 Å². The Hall–Kier alpha value is -3.59. The molecule has 0 amide bonds. The fourth-order valence-electron chi connectivity index (χ4n) is 10.6. The summed E-state index contributed by atoms with van der Waals surface area (Å²) < 4.78 is 34.4. The number of carbonyl (C=O) groups is 2. The van der Waals surface area contributed by atoms with Gasteiger partial charge in [0, 0.05) is 12.8 Å². The Kier molecular flexibility index (Phi) is 68.9. The molecule has 0 aromatic carbocycles. The highest BCUT2D eigenvalue weighted by Crippen LogP contribution is 2.38. The SMILES string of the molecule is CC/C=C\C/C=C\C/C=C\C/C=C\C/C=C\C/C=C\C/C=C\CCCCCCCCCCCC(=O)OC(COC(=O)CCCCCCCCCCCCCCCCCCCCCCCC/C=C\C/C=C\C/C=C\CCCCCCC)COP(=O)([O-])OCC[N+](C)(C)C. The maximum Gasteiger partial charge on any atom is 0.306 e. The van der Waals surface area contributed by atoms with E-state index in [4.69, 9.17) is 18.5 Å². The lowest BCUT2D eigenvalue weighted by molar-refractivity contribution is -0.870. The van der Waals surface area contributed by atoms with Gasteiger partial charge in [0.05, 0.1) is 27.7 Å². The van der Waals surface area contributed by atoms with E-state index in [2.05, 4.69) is 135 Å². The third kappa shape index (κ3) is 75.4. The Morgan fingerprint density at radius 1 is 0.348 bits per heavy atom. The molecule has 9 nitrogen and oxygen atoms in total. The summed E-state index contributed by atoms with van der Waals surface area (Å²) in [4.78, 5) is 38.1. The van der Waals surface area contributed by atoms with Crippen LogP contribution >= 0.6 is 7.82 Å². The summed E-state index contributed by atoms with van der Waals surface area (Å²) >= 11 is 0. The van der Waals surface area contributed by atoms with Gasteiger partial charge in [0.15, 0.2) is 6.10 Å². The molecular weight excluding hydrogens is 1160 g/mol. The standard InChI is InChI=1S/C82H144NO8P/c1-6-8-10-12-14-16-18-20-22-24-26-28-30-32-34-36-38-39-40-41-42-43-45-46-48-50-52-54-56-58-60-62-64-66-68-70-72-74-81(84)88-78-80(79-90-92(86,87)89-77-76-83(3,4)5)91-82(85)75-73-71-69-67-65-63-61-59-57-55-53-51-49-47-44-37-35-33-31-29-27-25-23-21-19-17-15-13-11-9-7-2/h9,11,15,17-18,20-21,23-24,26-27,29-30,32-33,35,44,47,51,53,80H,6-8,10,12-14,16,19,22,25,28,31,34,36-43,45-46,48-50,52,54-79H2,1-5H3/b11-9-,17-15-,20-18-,23-21-,26-24-,29-27-,32-30-,35-33-,47-44-,53-51-. The van der Waals surface area contributed by atoms with Crippen LogP contribution in [0.4, 0.5) is 0 Å². The second-order valence-electron chi connectivity index (χ2n) is 26.6. The molecule has 0 heterocycles. The van der Waals surface area contributed by atoms with Crippen LogP contribution < -0.4 is 4.89 Å². The minimum absolute atomic E-state index is 0.0360. The van der Waals surface area contributed by atoms with Gasteiger partial charge in [-0.2, -0.15) is 0 Å². The second kappa shape index (κ2) is 71.7. The van der Waals surface area contributed by atoms with Crippen LogP contribution in [0.2, 0.25) is 0 Å². The highest BCUT2D eigenvalue weighted by molar-refractivity contribution is 7.45. The molecule has 2 atom stereocenters. The summed E-state index contributed by atoms with van der Waals surface area (Å²) in [5.74, 6) is -0.834. The van der Waals surface area contributed by atoms with Crippen molar-refractivity contribution in [2.24, 2.45) is 0 Å². The van der Waals surface area contributed by atoms with Crippen LogP contribution in [-0.4, -0.2) is 70.0 Å². The maximum absolute atomic E-state index is 12.9. The molecule has 0 aliphatic rings. The van der Waals surface area contributed by atoms with Crippen LogP contribution in [0.1, 0.15) is 335 Å². The van der Waals surface area contributed by atoms with Crippen molar-refractivity contribution in [3.8, 4) is 0 Å². The van der Waals surface area contributed by atoms with Crippen LogP contribution in [0.15, 0.2) is 122 Å². The minimum atomic E-state index is -4.65. The van der Waals surface area contributed by atoms with E-state index in [0.717, 1.165) is 103 Å². The number of quaternary nitrogens is 1. The number of rotatable bonds is 70. The molecule has 0 aromatic rings. The monoisotopic (exact) mass is 1300 g/mol. The largest absolute Gasteiger partial charge is 0.756 e. The van der Waals surface area contributed by atoms with E-state index in [9.17, 15) is 19.0 Å². The minimum Gasteiger partial charge on any atom is -0.756 e. The molecule has 0 fully saturated rings. The number of phosphoric ester groups is 1. The Balaban J connectivity index is 4.01. The smallest absolute Gasteiger partial charge is 0.306 e. The molecule has 0 N–H and O–H groups in total. The van der Waals surface area contributed by atoms with Crippen LogP contribution in [0, 0.1) is 0 Å². The zero-order chi connectivity index (χ0) is 66.9. The normalized spacial score (nSPS) is 13.8. The van der Waals surface area contributed by atoms with Crippen molar-refractivity contribution in [2.45, 2.75) is 341 Å². The van der Waals surface area contributed by atoms with Crippen LogP contribution in [0.3, 0.4) is 0 Å². The maximum atomic E-state index is 12.9. The van der Waals surface area contributed by atoms with Gasteiger partial charge >= 0.3 is 11.9 Å². The number of carbonyl (C=O) groups excluding carboxylic acids is 2. The van der Waals surface area contributed by atoms with Gasteiger partial charge in [0.2, 0.25) is 0 Å². The average molecular weight is 1300 g/mol. The molecule has 0 aliphatic heterocycles. The van der Waals surface area contributed by atoms with Gasteiger partial charge in [-0.3, -0.25) is 14.2 Å². The van der Waals surface area contributed by atoms with E-state index in [0.29, 0.717) is 17.4 Å². The molecule has 0 aliphatic carbocycles. The van der Waals surface area contributed by atoms with Gasteiger partial charge in [0.25, 0.3) is 7.82 Å². The zero-order valence-electron chi connectivity index (χ0n) is 60.5. The van der Waals surface area contributed by atoms with Gasteiger partial charge in [0.1, 0.15) is 19.8 Å². The van der Waals surface area contributed by atoms with E-state index in [1.807, 2.05) is 21.1 Å². The molecule has 0 saturated heterocycles. The highest BCUT2D eigenvalue weighted by atomic mass is 31.2. The summed E-state index contributed by atoms with van der Waals surface area (Å²) in [6, 6.07) is 0. The summed E-state index contributed by atoms with van der Waals surface area (Å²) in [5, 5.41) is 0. The molecule has 0 spiro atoms. The molecule has 0 rings (SSSR count). The highest BCUT2D eigenvalue weighted by Gasteiger charge is 2.22. The van der Waals surface area contributed by atoms with E-state index in [1.54, 1.807) is 0 Å². The Morgan fingerprint density at radius 3 is 0.924 bits per heavy atom. The Morgan fingerprint density at radius 2 is 0.620 bits per heavy atom. The van der Waals surface area contributed by atoms with Crippen molar-refractivity contribution in [1.29, 1.82) is 0 Å². The molecule has 10 heteroatoms. The lowest BCUT2D eigenvalue weighted by Gasteiger charge is -2.28. The first-order chi connectivity index (χ1) is 45.0. The van der Waals surface area contributed by atoms with Gasteiger partial charge in [-0.1, -0.05) is 334 Å². The first kappa shape index (κ1) is 88.4. The Bertz CT molecular complexity index is 1970. The number of nitrogens with zero attached hydrogens (tertiary/aromatic N) is 1. The van der Waals surface area contributed by atoms with Crippen LogP contribution in [0.25, 0.3) is 0 Å². The molecule has 92 heavy (non-hydrogen) atoms. The van der Waals surface area contributed by atoms with Gasteiger partial charge in [-0.25, -0.2) is 0 Å². The van der Waals surface area contributed by atoms with Gasteiger partial charge < -0.3 is 27.9 Å². The molecule has 0 saturated carbocycles. The van der Waals surface area contributed by atoms with Crippen LogP contribution in [-0.2, 0) is 32.7 Å². The summed E-state index contributed by atoms with van der Waals surface area (Å²) in [6.07, 6.45) is 103. The van der Waals surface area contributed by atoms with Crippen molar-refractivity contribution in [3.63, 3.8) is 0 Å². The quantitative estimate of drug-likeness (QED) is 0.0195. The third-order valence-electron chi connectivity index (χ3n) is 16.5. The molecule has 0 radical (unpaired) electrons. The summed E-state index contributed by atoms with van der Waals surface area (Å²) in [6.45, 7) is 4.13. The topological polar surface area (TPSA) is 111 Å². The van der Waals surface area contributed by atoms with E-state index >= 15 is 0 Å². The number of likely N-dealkylation sites (N-methyl/N-ethyl adjacent to an activating group) is 1. The van der Waals surface area contributed by atoms with Crippen molar-refractivity contribution >= 4 is 19.8 Å². The molecule has 2 unspecified atom stereocenters. The number of hydrogen-bond acceptors (Lipinski definition) is 8. The Labute approximate surface area is 568 Å². The second-order valence-corrected chi connectivity index (χ2v) is 28.0. The van der Waals surface area contributed by atoms with Crippen molar-refractivity contribution in [2.75, 3.05) is 47.5 Å². The molecule has 530 valence electrons. The van der Waals surface area contributed by atoms with Crippen molar-refractivity contribution in [1.82, 2.24) is 0 Å². The zero-order valence-corrected chi connectivity index (χ0v) is 61.4. The number of hydrogen-bond donors (Lipinski definition) is 0. The first-order valence-corrected chi connectivity index (χ1v) is 39.7. The number of allylic oxidation sites excluding steroid dienone is 20. The number of esters is 2. The van der Waals surface area contributed by atoms with E-state index < -0.39 is 26.5 Å². The van der Waals surface area contributed by atoms with Crippen molar-refractivity contribution < 1.29 is 42.1 Å². The summed E-state index contributed by atoms with van der Waals surface area (Å²) in [7, 11) is 1.16. The average Bonchev–Trinajstić information content (AvgIpc) is 2.14. The van der Waals surface area contributed by atoms with E-state index in [1.165, 1.54) is 199 Å². The summed E-state index contributed by atoms with van der Waals surface area (Å²) in [5.41, 5.74) is 0. The fraction of sp³-hybridized carbons (Fsp3) is 0.732. The predicted molar refractivity (Wildman–Crippen MR) is 397 cm³/mol. The van der Waals surface area contributed by atoms with Gasteiger partial charge in [-0.05, 0) is 109 Å². The number of ether oxygens (including phenoxy) is 2. The molecule has 0 aromatic heterocycles. The van der Waals surface area contributed by atoms with E-state index in [-0.39, 0.29) is 32.0 Å². The number of unbranched alkanes of at least 4 members (excludes halogenated alkanes) is 36. The number of phosphoric acid groups is 1. The van der Waals surface area contributed by atoms with Crippen molar-refractivity contribution in [3.05, 3.63) is 122 Å². The molecular formula is C82H144NO8P. The lowest BCUT2D eigenvalue weighted by Crippen LogP contribution is -2.37. The third-order valence-corrected chi connectivity index (χ3v) is 17.4. The molecule has 0 bridgehead atoms. The van der Waals surface area contributed by atoms with Gasteiger partial charge in [-0.15, -0.1) is 0 Å². The first-order valence-electron chi connectivity index (χ1n) is 38.2.